The molecule has 2 aliphatic heterocycles. The molecule has 0 unspecified atom stereocenters. The number of piperidine rings is 1. The van der Waals surface area contributed by atoms with Gasteiger partial charge in [0.15, 0.2) is 11.6 Å². The minimum absolute atomic E-state index is 0.00666. The quantitative estimate of drug-likeness (QED) is 0.451. The lowest BCUT2D eigenvalue weighted by Crippen LogP contribution is -2.40. The zero-order chi connectivity index (χ0) is 22.4. The first kappa shape index (κ1) is 20.7. The molecular formula is C26H25BF2N2O. The van der Waals surface area contributed by atoms with Crippen LogP contribution in [-0.2, 0) is 4.79 Å². The second kappa shape index (κ2) is 8.08. The van der Waals surface area contributed by atoms with Gasteiger partial charge in [-0.05, 0) is 79.6 Å². The monoisotopic (exact) mass is 430 g/mol. The van der Waals surface area contributed by atoms with Crippen molar-refractivity contribution in [1.29, 1.82) is 0 Å². The predicted octanol–water partition coefficient (Wildman–Crippen LogP) is 4.23. The summed E-state index contributed by atoms with van der Waals surface area (Å²) in [7, 11) is 2.07. The third-order valence-electron chi connectivity index (χ3n) is 6.72. The van der Waals surface area contributed by atoms with Crippen LogP contribution in [0.15, 0.2) is 60.4 Å². The van der Waals surface area contributed by atoms with E-state index in [0.29, 0.717) is 12.0 Å². The van der Waals surface area contributed by atoms with Gasteiger partial charge >= 0.3 is 0 Å². The summed E-state index contributed by atoms with van der Waals surface area (Å²) >= 11 is 0. The minimum atomic E-state index is -0.861. The van der Waals surface area contributed by atoms with Gasteiger partial charge in [0.1, 0.15) is 7.85 Å². The van der Waals surface area contributed by atoms with Crippen molar-refractivity contribution in [2.45, 2.75) is 44.7 Å². The van der Waals surface area contributed by atoms with Crippen molar-refractivity contribution in [2.75, 3.05) is 0 Å². The molecule has 0 spiro atoms. The van der Waals surface area contributed by atoms with Crippen LogP contribution in [0.4, 0.5) is 8.78 Å². The molecule has 3 heterocycles. The number of benzene rings is 2. The Kier molecular flexibility index (Phi) is 5.24. The number of rotatable bonds is 3. The van der Waals surface area contributed by atoms with E-state index in [1.54, 1.807) is 6.07 Å². The highest BCUT2D eigenvalue weighted by atomic mass is 19.2. The molecule has 2 atom stereocenters. The zero-order valence-electron chi connectivity index (χ0n) is 18.3. The number of nitrogens with zero attached hydrogens (tertiary/aromatic N) is 2. The molecule has 0 bridgehead atoms. The van der Waals surface area contributed by atoms with Gasteiger partial charge in [-0.15, -0.1) is 0 Å². The van der Waals surface area contributed by atoms with Crippen molar-refractivity contribution in [3.05, 3.63) is 88.8 Å². The molecule has 32 heavy (non-hydrogen) atoms. The van der Waals surface area contributed by atoms with Crippen molar-refractivity contribution in [3.8, 4) is 5.69 Å². The van der Waals surface area contributed by atoms with Crippen LogP contribution in [0.5, 0.6) is 0 Å². The molecule has 2 aliphatic rings. The molecular weight excluding hydrogens is 405 g/mol. The van der Waals surface area contributed by atoms with Gasteiger partial charge in [0.05, 0.1) is 6.04 Å². The number of carbonyl (C=O) groups is 1. The zero-order valence-corrected chi connectivity index (χ0v) is 18.3. The van der Waals surface area contributed by atoms with Gasteiger partial charge in [-0.2, -0.15) is 0 Å². The Hall–Kier alpha value is -3.15. The summed E-state index contributed by atoms with van der Waals surface area (Å²) in [5, 5.41) is 0. The molecule has 2 fully saturated rings. The highest BCUT2D eigenvalue weighted by Gasteiger charge is 2.42. The third kappa shape index (κ3) is 3.68. The molecule has 1 amide bonds. The van der Waals surface area contributed by atoms with Crippen LogP contribution in [0.25, 0.3) is 11.8 Å². The van der Waals surface area contributed by atoms with E-state index in [1.165, 1.54) is 11.6 Å². The maximum absolute atomic E-state index is 13.8. The summed E-state index contributed by atoms with van der Waals surface area (Å²) in [4.78, 5) is 15.2. The second-order valence-electron chi connectivity index (χ2n) is 9.00. The van der Waals surface area contributed by atoms with E-state index < -0.39 is 11.6 Å². The summed E-state index contributed by atoms with van der Waals surface area (Å²) in [5.41, 5.74) is 5.92. The third-order valence-corrected chi connectivity index (χ3v) is 6.72. The smallest absolute Gasteiger partial charge is 0.250 e. The van der Waals surface area contributed by atoms with Crippen LogP contribution in [0.2, 0.25) is 0 Å². The fourth-order valence-corrected chi connectivity index (χ4v) is 5.17. The number of hydrogen-bond donors (Lipinski definition) is 0. The average molecular weight is 430 g/mol. The second-order valence-corrected chi connectivity index (χ2v) is 9.00. The van der Waals surface area contributed by atoms with E-state index in [4.69, 9.17) is 0 Å². The fourth-order valence-electron chi connectivity index (χ4n) is 5.17. The average Bonchev–Trinajstić information content (AvgIpc) is 3.33. The van der Waals surface area contributed by atoms with E-state index in [1.807, 2.05) is 23.2 Å². The topological polar surface area (TPSA) is 25.2 Å². The first-order valence-corrected chi connectivity index (χ1v) is 11.1. The van der Waals surface area contributed by atoms with Gasteiger partial charge in [-0.25, -0.2) is 8.78 Å². The van der Waals surface area contributed by atoms with Crippen LogP contribution in [0, 0.1) is 18.6 Å². The highest BCUT2D eigenvalue weighted by molar-refractivity contribution is 6.35. The van der Waals surface area contributed by atoms with Crippen molar-refractivity contribution in [3.63, 3.8) is 0 Å². The maximum atomic E-state index is 13.8. The van der Waals surface area contributed by atoms with E-state index >= 15 is 0 Å². The van der Waals surface area contributed by atoms with Crippen molar-refractivity contribution in [2.24, 2.45) is 0 Å². The van der Waals surface area contributed by atoms with Crippen LogP contribution in [0.3, 0.4) is 0 Å². The van der Waals surface area contributed by atoms with Gasteiger partial charge in [0.2, 0.25) is 0 Å². The maximum Gasteiger partial charge on any atom is 0.250 e. The number of aryl methyl sites for hydroxylation is 1. The number of amides is 1. The lowest BCUT2D eigenvalue weighted by molar-refractivity contribution is -0.130. The van der Waals surface area contributed by atoms with Gasteiger partial charge in [0, 0.05) is 29.7 Å². The Balaban J connectivity index is 1.42. The standard InChI is InChI=1S/C26H25BF2N2O/c1-16-9-10-30(15-16)25-8-5-17(12-21(25)27)11-19-13-20-3-2-4-24(31(20)26(19)32)18-6-7-22(28)23(29)14-18/h5-12,14-15,20,24H,2-4,13,27H2,1H3/b19-11+/t20-,24-/m0/s1. The first-order valence-electron chi connectivity index (χ1n) is 11.1. The number of aromatic nitrogens is 1. The molecule has 2 aromatic carbocycles. The lowest BCUT2D eigenvalue weighted by Gasteiger charge is -2.37. The number of hydrogen-bond acceptors (Lipinski definition) is 1. The van der Waals surface area contributed by atoms with Gasteiger partial charge < -0.3 is 9.47 Å². The van der Waals surface area contributed by atoms with Crippen molar-refractivity contribution >= 4 is 25.3 Å². The summed E-state index contributed by atoms with van der Waals surface area (Å²) in [6, 6.07) is 12.2. The fraction of sp³-hybridized carbons (Fsp3) is 0.269. The van der Waals surface area contributed by atoms with E-state index in [0.717, 1.165) is 47.6 Å². The Morgan fingerprint density at radius 1 is 1.06 bits per heavy atom. The summed E-state index contributed by atoms with van der Waals surface area (Å²) < 4.78 is 29.4. The number of halogens is 2. The summed E-state index contributed by atoms with van der Waals surface area (Å²) in [6.07, 6.45) is 9.50. The largest absolute Gasteiger partial charge is 0.329 e. The molecule has 0 saturated carbocycles. The molecule has 162 valence electrons. The molecule has 3 nitrogen and oxygen atoms in total. The Bertz CT molecular complexity index is 1230. The Morgan fingerprint density at radius 3 is 2.62 bits per heavy atom. The molecule has 5 rings (SSSR count). The first-order chi connectivity index (χ1) is 15.4. The molecule has 2 saturated heterocycles. The van der Waals surface area contributed by atoms with Gasteiger partial charge in [-0.3, -0.25) is 4.79 Å². The van der Waals surface area contributed by atoms with Crippen LogP contribution in [-0.4, -0.2) is 29.3 Å². The SMILES string of the molecule is Bc1cc(/C=C2\C[C@@H]3CCC[C@@H](c4ccc(F)c(F)c4)N3C2=O)ccc1-n1ccc(C)c1. The van der Waals surface area contributed by atoms with E-state index in [9.17, 15) is 13.6 Å². The van der Waals surface area contributed by atoms with Crippen LogP contribution < -0.4 is 5.46 Å². The predicted molar refractivity (Wildman–Crippen MR) is 125 cm³/mol. The number of fused-ring (bicyclic) bond motifs is 1. The van der Waals surface area contributed by atoms with Crippen LogP contribution in [0.1, 0.15) is 48.4 Å². The van der Waals surface area contributed by atoms with Crippen molar-refractivity contribution < 1.29 is 13.6 Å². The number of carbonyl (C=O) groups excluding carboxylic acids is 1. The Labute approximate surface area is 187 Å². The molecule has 0 radical (unpaired) electrons. The van der Waals surface area contributed by atoms with E-state index in [-0.39, 0.29) is 18.0 Å². The summed E-state index contributed by atoms with van der Waals surface area (Å²) in [6.45, 7) is 2.07. The molecule has 1 aromatic heterocycles. The summed E-state index contributed by atoms with van der Waals surface area (Å²) in [5.74, 6) is -1.71. The minimum Gasteiger partial charge on any atom is -0.329 e. The van der Waals surface area contributed by atoms with Gasteiger partial charge in [-0.1, -0.05) is 23.7 Å². The van der Waals surface area contributed by atoms with Gasteiger partial charge in [0.25, 0.3) is 5.91 Å². The van der Waals surface area contributed by atoms with Crippen LogP contribution >= 0.6 is 0 Å². The Morgan fingerprint density at radius 2 is 1.91 bits per heavy atom. The molecule has 0 N–H and O–H groups in total. The van der Waals surface area contributed by atoms with Crippen molar-refractivity contribution in [1.82, 2.24) is 9.47 Å². The molecule has 3 aromatic rings. The highest BCUT2D eigenvalue weighted by Crippen LogP contribution is 2.42. The van der Waals surface area contributed by atoms with E-state index in [2.05, 4.69) is 43.7 Å². The molecule has 6 heteroatoms. The normalized spacial score (nSPS) is 21.9. The lowest BCUT2D eigenvalue weighted by atomic mass is 9.91. The molecule has 0 aliphatic carbocycles.